The molecule has 2 fully saturated rings. The van der Waals surface area contributed by atoms with Gasteiger partial charge in [-0.15, -0.1) is 0 Å². The summed E-state index contributed by atoms with van der Waals surface area (Å²) in [5, 5.41) is 12.5. The van der Waals surface area contributed by atoms with Crippen molar-refractivity contribution >= 4 is 5.97 Å². The van der Waals surface area contributed by atoms with Gasteiger partial charge in [0.25, 0.3) is 0 Å². The maximum absolute atomic E-state index is 10.9. The smallest absolute Gasteiger partial charge is 0.335 e. The highest BCUT2D eigenvalue weighted by Crippen LogP contribution is 2.28. The Balaban J connectivity index is 1.46. The lowest BCUT2D eigenvalue weighted by molar-refractivity contribution is 0.0697. The number of hydrogen-bond donors (Lipinski definition) is 2. The molecule has 1 heterocycles. The van der Waals surface area contributed by atoms with Gasteiger partial charge >= 0.3 is 5.97 Å². The number of likely N-dealkylation sites (tertiary alicyclic amines) is 1. The number of carbonyl (C=O) groups is 1. The Kier molecular flexibility index (Phi) is 5.68. The summed E-state index contributed by atoms with van der Waals surface area (Å²) >= 11 is 0. The fraction of sp³-hybridized carbons (Fsp3) is 0.632. The van der Waals surface area contributed by atoms with Crippen molar-refractivity contribution < 1.29 is 9.90 Å². The van der Waals surface area contributed by atoms with Gasteiger partial charge in [0.1, 0.15) is 0 Å². The molecule has 2 aliphatic rings. The molecule has 0 amide bonds. The van der Waals surface area contributed by atoms with Crippen molar-refractivity contribution in [3.8, 4) is 0 Å². The van der Waals surface area contributed by atoms with Crippen molar-refractivity contribution in [2.45, 2.75) is 63.6 Å². The lowest BCUT2D eigenvalue weighted by Crippen LogP contribution is -2.44. The first kappa shape index (κ1) is 16.5. The first-order chi connectivity index (χ1) is 11.2. The van der Waals surface area contributed by atoms with Crippen LogP contribution in [0, 0.1) is 0 Å². The third kappa shape index (κ3) is 4.33. The zero-order chi connectivity index (χ0) is 16.1. The van der Waals surface area contributed by atoms with Crippen molar-refractivity contribution in [3.05, 3.63) is 35.4 Å². The van der Waals surface area contributed by atoms with E-state index in [9.17, 15) is 4.79 Å². The molecule has 1 saturated carbocycles. The Morgan fingerprint density at radius 2 is 1.83 bits per heavy atom. The summed E-state index contributed by atoms with van der Waals surface area (Å²) in [6, 6.07) is 8.67. The molecule has 126 valence electrons. The number of nitrogens with zero attached hydrogens (tertiary/aromatic N) is 1. The monoisotopic (exact) mass is 316 g/mol. The van der Waals surface area contributed by atoms with E-state index in [0.29, 0.717) is 11.6 Å². The zero-order valence-electron chi connectivity index (χ0n) is 13.8. The molecule has 1 atom stereocenters. The number of nitrogens with one attached hydrogen (secondary N) is 1. The lowest BCUT2D eigenvalue weighted by Gasteiger charge is -2.35. The number of carboxylic acids is 1. The fourth-order valence-corrected chi connectivity index (χ4v) is 4.12. The number of carboxylic acid groups (broad SMARTS) is 1. The standard InChI is InChI=1S/C19H28N2O2/c22-19(23)16-10-8-15(9-11-16)13-20-14-18-7-4-12-21(18)17-5-2-1-3-6-17/h8-11,17-18,20H,1-7,12-14H2,(H,22,23). The van der Waals surface area contributed by atoms with E-state index >= 15 is 0 Å². The molecular weight excluding hydrogens is 288 g/mol. The van der Waals surface area contributed by atoms with Crippen LogP contribution < -0.4 is 5.32 Å². The summed E-state index contributed by atoms with van der Waals surface area (Å²) in [7, 11) is 0. The van der Waals surface area contributed by atoms with Crippen LogP contribution in [0.2, 0.25) is 0 Å². The van der Waals surface area contributed by atoms with E-state index in [-0.39, 0.29) is 0 Å². The number of rotatable bonds is 6. The third-order valence-corrected chi connectivity index (χ3v) is 5.38. The maximum atomic E-state index is 10.9. The lowest BCUT2D eigenvalue weighted by atomic mass is 9.94. The van der Waals surface area contributed by atoms with E-state index in [0.717, 1.165) is 24.7 Å². The van der Waals surface area contributed by atoms with Gasteiger partial charge in [0, 0.05) is 25.2 Å². The molecule has 1 unspecified atom stereocenters. The van der Waals surface area contributed by atoms with Crippen LogP contribution >= 0.6 is 0 Å². The van der Waals surface area contributed by atoms with Gasteiger partial charge in [-0.2, -0.15) is 0 Å². The molecular formula is C19H28N2O2. The van der Waals surface area contributed by atoms with Crippen molar-refractivity contribution in [1.29, 1.82) is 0 Å². The molecule has 23 heavy (non-hydrogen) atoms. The SMILES string of the molecule is O=C(O)c1ccc(CNCC2CCCN2C2CCCCC2)cc1. The minimum absolute atomic E-state index is 0.355. The normalized spacial score (nSPS) is 23.2. The summed E-state index contributed by atoms with van der Waals surface area (Å²) < 4.78 is 0. The first-order valence-corrected chi connectivity index (χ1v) is 9.03. The van der Waals surface area contributed by atoms with Crippen LogP contribution in [0.5, 0.6) is 0 Å². The van der Waals surface area contributed by atoms with E-state index in [4.69, 9.17) is 5.11 Å². The minimum Gasteiger partial charge on any atom is -0.478 e. The zero-order valence-corrected chi connectivity index (χ0v) is 13.8. The van der Waals surface area contributed by atoms with Gasteiger partial charge in [0.05, 0.1) is 5.56 Å². The predicted molar refractivity (Wildman–Crippen MR) is 91.7 cm³/mol. The first-order valence-electron chi connectivity index (χ1n) is 9.03. The van der Waals surface area contributed by atoms with Gasteiger partial charge in [-0.25, -0.2) is 4.79 Å². The minimum atomic E-state index is -0.862. The van der Waals surface area contributed by atoms with Gasteiger partial charge in [-0.3, -0.25) is 4.90 Å². The quantitative estimate of drug-likeness (QED) is 0.846. The molecule has 1 aliphatic heterocycles. The topological polar surface area (TPSA) is 52.6 Å². The number of aromatic carboxylic acids is 1. The van der Waals surface area contributed by atoms with Gasteiger partial charge in [0.15, 0.2) is 0 Å². The molecule has 1 aromatic carbocycles. The van der Waals surface area contributed by atoms with Gasteiger partial charge in [0.2, 0.25) is 0 Å². The molecule has 0 bridgehead atoms. The summed E-state index contributed by atoms with van der Waals surface area (Å²) in [4.78, 5) is 13.6. The van der Waals surface area contributed by atoms with E-state index in [1.54, 1.807) is 12.1 Å². The van der Waals surface area contributed by atoms with Gasteiger partial charge in [-0.1, -0.05) is 31.4 Å². The molecule has 4 nitrogen and oxygen atoms in total. The molecule has 4 heteroatoms. The Labute approximate surface area is 138 Å². The van der Waals surface area contributed by atoms with Crippen molar-refractivity contribution in [2.75, 3.05) is 13.1 Å². The van der Waals surface area contributed by atoms with Crippen LogP contribution in [0.25, 0.3) is 0 Å². The maximum Gasteiger partial charge on any atom is 0.335 e. The predicted octanol–water partition coefficient (Wildman–Crippen LogP) is 3.27. The number of hydrogen-bond acceptors (Lipinski definition) is 3. The molecule has 1 aromatic rings. The second kappa shape index (κ2) is 7.93. The van der Waals surface area contributed by atoms with Gasteiger partial charge in [-0.05, 0) is 49.9 Å². The second-order valence-corrected chi connectivity index (χ2v) is 6.96. The summed E-state index contributed by atoms with van der Waals surface area (Å²) in [5.41, 5.74) is 1.50. The Hall–Kier alpha value is -1.39. The average Bonchev–Trinajstić information content (AvgIpc) is 3.05. The van der Waals surface area contributed by atoms with Crippen LogP contribution in [0.3, 0.4) is 0 Å². The molecule has 1 saturated heterocycles. The Bertz CT molecular complexity index is 509. The van der Waals surface area contributed by atoms with E-state index in [1.807, 2.05) is 12.1 Å². The van der Waals surface area contributed by atoms with E-state index < -0.39 is 5.97 Å². The van der Waals surface area contributed by atoms with Crippen LogP contribution in [0.15, 0.2) is 24.3 Å². The van der Waals surface area contributed by atoms with E-state index in [1.165, 1.54) is 51.5 Å². The van der Waals surface area contributed by atoms with Crippen molar-refractivity contribution in [3.63, 3.8) is 0 Å². The Morgan fingerprint density at radius 1 is 1.09 bits per heavy atom. The van der Waals surface area contributed by atoms with Crippen LogP contribution in [0.1, 0.15) is 60.9 Å². The average molecular weight is 316 g/mol. The number of benzene rings is 1. The molecule has 0 aromatic heterocycles. The highest BCUT2D eigenvalue weighted by molar-refractivity contribution is 5.87. The third-order valence-electron chi connectivity index (χ3n) is 5.38. The van der Waals surface area contributed by atoms with E-state index in [2.05, 4.69) is 10.2 Å². The fourth-order valence-electron chi connectivity index (χ4n) is 4.12. The molecule has 1 aliphatic carbocycles. The van der Waals surface area contributed by atoms with Crippen LogP contribution in [-0.2, 0) is 6.54 Å². The summed E-state index contributed by atoms with van der Waals surface area (Å²) in [6.45, 7) is 3.12. The summed E-state index contributed by atoms with van der Waals surface area (Å²) in [5.74, 6) is -0.862. The molecule has 3 rings (SSSR count). The Morgan fingerprint density at radius 3 is 2.52 bits per heavy atom. The van der Waals surface area contributed by atoms with Crippen LogP contribution in [-0.4, -0.2) is 41.1 Å². The largest absolute Gasteiger partial charge is 0.478 e. The summed E-state index contributed by atoms with van der Waals surface area (Å²) in [6.07, 6.45) is 9.62. The van der Waals surface area contributed by atoms with Crippen LogP contribution in [0.4, 0.5) is 0 Å². The molecule has 0 spiro atoms. The van der Waals surface area contributed by atoms with Crippen molar-refractivity contribution in [1.82, 2.24) is 10.2 Å². The highest BCUT2D eigenvalue weighted by atomic mass is 16.4. The van der Waals surface area contributed by atoms with Gasteiger partial charge < -0.3 is 10.4 Å². The molecule has 0 radical (unpaired) electrons. The second-order valence-electron chi connectivity index (χ2n) is 6.96. The highest BCUT2D eigenvalue weighted by Gasteiger charge is 2.30. The van der Waals surface area contributed by atoms with Crippen molar-refractivity contribution in [2.24, 2.45) is 0 Å². The molecule has 2 N–H and O–H groups in total.